The molecule has 4 aromatic carbocycles. The number of carbonyl (C=O) groups excluding carboxylic acids is 5. The molecule has 0 radical (unpaired) electrons. The van der Waals surface area contributed by atoms with Crippen LogP contribution in [0.25, 0.3) is 0 Å². The molecule has 4 fully saturated rings. The molecule has 4 aliphatic heterocycles. The van der Waals surface area contributed by atoms with Gasteiger partial charge in [0, 0.05) is 46.2 Å². The van der Waals surface area contributed by atoms with Gasteiger partial charge in [0.1, 0.15) is 66.5 Å². The number of esters is 5. The molecule has 27 heteroatoms. The Kier molecular flexibility index (Phi) is 40.5. The minimum Gasteiger partial charge on any atom is -0.467 e. The second kappa shape index (κ2) is 49.7. The molecule has 8 unspecified atom stereocenters. The number of methoxy groups -OCH3 is 1. The van der Waals surface area contributed by atoms with Crippen LogP contribution in [0.15, 0.2) is 121 Å². The molecule has 0 aliphatic carbocycles. The van der Waals surface area contributed by atoms with E-state index in [9.17, 15) is 14.2 Å². The molecular weight excluding hydrogens is 1460 g/mol. The summed E-state index contributed by atoms with van der Waals surface area (Å²) in [5.41, 5.74) is -1.38. The zero-order chi connectivity index (χ0) is 78.4. The summed E-state index contributed by atoms with van der Waals surface area (Å²) < 4.78 is 143. The van der Waals surface area contributed by atoms with Gasteiger partial charge in [0.05, 0.1) is 54.8 Å². The average Bonchev–Trinajstić information content (AvgIpc) is 0.761. The summed E-state index contributed by atoms with van der Waals surface area (Å²) >= 11 is 1.28. The number of thioether (sulfide) groups is 1. The quantitative estimate of drug-likeness (QED) is 0.0172. The van der Waals surface area contributed by atoms with Crippen molar-refractivity contribution in [2.75, 3.05) is 78.9 Å². The van der Waals surface area contributed by atoms with Gasteiger partial charge in [0.2, 0.25) is 0 Å². The molecular formula is C83H117O25PS. The van der Waals surface area contributed by atoms with Crippen molar-refractivity contribution in [2.24, 2.45) is 0 Å². The fourth-order valence-electron chi connectivity index (χ4n) is 13.0. The van der Waals surface area contributed by atoms with E-state index in [-0.39, 0.29) is 70.4 Å². The molecule has 4 saturated heterocycles. The number of hydrogen-bond donors (Lipinski definition) is 0. The number of benzene rings is 4. The van der Waals surface area contributed by atoms with Crippen LogP contribution in [0.3, 0.4) is 0 Å². The van der Waals surface area contributed by atoms with Gasteiger partial charge in [-0.05, 0) is 99.2 Å². The number of rotatable bonds is 49. The van der Waals surface area contributed by atoms with Gasteiger partial charge in [-0.3, -0.25) is 4.57 Å². The fraction of sp³-hybridized carbons (Fsp3) is 0.651. The third-order valence-corrected chi connectivity index (χ3v) is 21.0. The van der Waals surface area contributed by atoms with E-state index >= 15 is 14.4 Å². The Hall–Kier alpha value is -5.88. The van der Waals surface area contributed by atoms with E-state index in [4.69, 9.17) is 90.0 Å². The summed E-state index contributed by atoms with van der Waals surface area (Å²) in [4.78, 5) is 75.2. The molecule has 4 aliphatic rings. The van der Waals surface area contributed by atoms with Crippen molar-refractivity contribution in [3.05, 3.63) is 144 Å². The summed E-state index contributed by atoms with van der Waals surface area (Å²) in [7, 11) is 0.890. The van der Waals surface area contributed by atoms with Crippen LogP contribution in [-0.4, -0.2) is 230 Å². The monoisotopic (exact) mass is 1580 g/mol. The Morgan fingerprint density at radius 2 is 0.682 bits per heavy atom. The smallest absolute Gasteiger partial charge is 0.338 e. The maximum atomic E-state index is 15.3. The molecule has 25 nitrogen and oxygen atoms in total. The van der Waals surface area contributed by atoms with Crippen LogP contribution in [-0.2, 0) is 99.4 Å². The first-order valence-corrected chi connectivity index (χ1v) is 41.6. The van der Waals surface area contributed by atoms with Crippen molar-refractivity contribution in [2.45, 2.75) is 267 Å². The Balaban J connectivity index is 1.32. The standard InChI is InChI=1S/C83H117O25PS/c1-10-18-45-91-52-59-62(105-81-71(97-51-24-16-7)68(95-49-22-14-5)74(109-89)61(99-81)54-93-47-20-12-3)64(94-48-21-13-4)70(96-50-23-15-6)80(98-59)107-66-67(102-76(85)56-39-31-26-32-40-56)72(103-77(86)57-41-33-27-34-42-57)82(108-69(66)79(88)90-9)106-63-60(53-92-46-19-11-2)100-83(110-17-8)73(104-78(87)58-43-35-28-36-44-58)65(63)101-75(84)55-37-29-25-30-38-55/h25-44,59-74,80-83H,10-24,45-54H2,1-9H3/t59?,60?,61?,62-,63+,64-,65?,66-,67?,68+,69?,70?,71?,72-,73-,74+,80+,81+,82+,83-/m0/s1. The lowest BCUT2D eigenvalue weighted by molar-refractivity contribution is -0.385. The first-order chi connectivity index (χ1) is 53.8. The maximum absolute atomic E-state index is 15.3. The van der Waals surface area contributed by atoms with Crippen LogP contribution in [0.2, 0.25) is 0 Å². The van der Waals surface area contributed by atoms with Gasteiger partial charge in [0.25, 0.3) is 0 Å². The van der Waals surface area contributed by atoms with E-state index in [2.05, 4.69) is 20.8 Å². The van der Waals surface area contributed by atoms with Crippen molar-refractivity contribution < 1.29 is 119 Å². The van der Waals surface area contributed by atoms with E-state index in [0.717, 1.165) is 52.1 Å². The van der Waals surface area contributed by atoms with Gasteiger partial charge in [-0.1, -0.05) is 173 Å². The third kappa shape index (κ3) is 26.3. The SMILES string of the molecule is CCCCOCC1O[C@@H](SCC)[C@@H](OC(=O)c2ccccc2)C(OC(=O)c2ccccc2)[C@@H]1O[C@@H]1OC(C(=O)OC)[C@@H](O[C@H]2OC(COCCCC)[C@H](O[C@H]3OC(COCCCC)[C@@H](P=O)[C@H](OCCCC)C3OCCCC)[C@H](OCCCC)C2OCCCC)C(OC(=O)c2ccccc2)[C@@H]1OC(=O)c1ccccc1. The number of carbonyl (C=O) groups is 5. The highest BCUT2D eigenvalue weighted by atomic mass is 32.2. The van der Waals surface area contributed by atoms with Crippen LogP contribution in [0.1, 0.15) is 187 Å². The topological polar surface area (TPSA) is 278 Å². The molecule has 8 rings (SSSR count). The van der Waals surface area contributed by atoms with Gasteiger partial charge in [0.15, 0.2) is 57.9 Å². The molecule has 0 saturated carbocycles. The van der Waals surface area contributed by atoms with Crippen molar-refractivity contribution in [1.29, 1.82) is 0 Å². The largest absolute Gasteiger partial charge is 0.467 e. The highest BCUT2D eigenvalue weighted by Crippen LogP contribution is 2.43. The van der Waals surface area contributed by atoms with E-state index < -0.39 is 151 Å². The first kappa shape index (κ1) is 89.7. The summed E-state index contributed by atoms with van der Waals surface area (Å²) in [6.07, 6.45) is -15.8. The predicted octanol–water partition coefficient (Wildman–Crippen LogP) is 13.7. The van der Waals surface area contributed by atoms with Crippen molar-refractivity contribution in [3.8, 4) is 0 Å². The molecule has 0 bridgehead atoms. The third-order valence-electron chi connectivity index (χ3n) is 19.1. The molecule has 4 heterocycles. The lowest BCUT2D eigenvalue weighted by Crippen LogP contribution is -2.69. The predicted molar refractivity (Wildman–Crippen MR) is 409 cm³/mol. The fourth-order valence-corrected chi connectivity index (χ4v) is 14.6. The number of unbranched alkanes of at least 4 members (excludes halogenated alkanes) is 7. The Morgan fingerprint density at radius 1 is 0.355 bits per heavy atom. The highest BCUT2D eigenvalue weighted by molar-refractivity contribution is 7.99. The Bertz CT molecular complexity index is 3260. The van der Waals surface area contributed by atoms with Crippen molar-refractivity contribution in [1.82, 2.24) is 0 Å². The van der Waals surface area contributed by atoms with Crippen LogP contribution < -0.4 is 0 Å². The van der Waals surface area contributed by atoms with Crippen LogP contribution in [0.4, 0.5) is 0 Å². The average molecular weight is 1580 g/mol. The minimum absolute atomic E-state index is 0.0394. The first-order valence-electron chi connectivity index (χ1n) is 39.6. The van der Waals surface area contributed by atoms with Crippen LogP contribution in [0, 0.1) is 0 Å². The zero-order valence-electron chi connectivity index (χ0n) is 65.3. The summed E-state index contributed by atoms with van der Waals surface area (Å²) in [5, 5.41) is 0. The lowest BCUT2D eigenvalue weighted by atomic mass is 9.94. The number of ether oxygens (including phenoxy) is 19. The van der Waals surface area contributed by atoms with Gasteiger partial charge in [-0.15, -0.1) is 11.8 Å². The Labute approximate surface area is 654 Å². The zero-order valence-corrected chi connectivity index (χ0v) is 67.0. The molecule has 610 valence electrons. The van der Waals surface area contributed by atoms with Gasteiger partial charge in [-0.25, -0.2) is 24.0 Å². The lowest BCUT2D eigenvalue weighted by Gasteiger charge is -2.51. The second-order valence-electron chi connectivity index (χ2n) is 27.4. The molecule has 0 amide bonds. The molecule has 0 aromatic heterocycles. The second-order valence-corrected chi connectivity index (χ2v) is 29.6. The van der Waals surface area contributed by atoms with Crippen molar-refractivity contribution >= 4 is 50.1 Å². The Morgan fingerprint density at radius 3 is 1.09 bits per heavy atom. The van der Waals surface area contributed by atoms with E-state index in [1.165, 1.54) is 36.0 Å². The maximum Gasteiger partial charge on any atom is 0.338 e. The van der Waals surface area contributed by atoms with E-state index in [0.29, 0.717) is 77.1 Å². The summed E-state index contributed by atoms with van der Waals surface area (Å²) in [5.74, 6) is -4.23. The van der Waals surface area contributed by atoms with Gasteiger partial charge >= 0.3 is 29.8 Å². The van der Waals surface area contributed by atoms with Crippen LogP contribution >= 0.6 is 20.2 Å². The molecule has 110 heavy (non-hydrogen) atoms. The number of hydrogen-bond acceptors (Lipinski definition) is 26. The van der Waals surface area contributed by atoms with E-state index in [1.54, 1.807) is 97.1 Å². The molecule has 4 aromatic rings. The van der Waals surface area contributed by atoms with Crippen LogP contribution in [0.5, 0.6) is 0 Å². The normalized spacial score (nSPS) is 28.2. The van der Waals surface area contributed by atoms with Crippen molar-refractivity contribution in [3.63, 3.8) is 0 Å². The molecule has 0 N–H and O–H groups in total. The molecule has 20 atom stereocenters. The summed E-state index contributed by atoms with van der Waals surface area (Å²) in [6, 6.07) is 32.4. The highest BCUT2D eigenvalue weighted by Gasteiger charge is 2.62. The van der Waals surface area contributed by atoms with E-state index in [1.807, 2.05) is 34.6 Å². The minimum atomic E-state index is -2.04. The summed E-state index contributed by atoms with van der Waals surface area (Å²) in [6.45, 7) is 17.8. The van der Waals surface area contributed by atoms with Gasteiger partial charge in [-0.2, -0.15) is 0 Å². The van der Waals surface area contributed by atoms with Gasteiger partial charge < -0.3 is 90.0 Å². The molecule has 0 spiro atoms.